The van der Waals surface area contributed by atoms with Crippen molar-refractivity contribution >= 4 is 21.6 Å². The third-order valence-corrected chi connectivity index (χ3v) is 6.38. The maximum atomic E-state index is 12.7. The number of rotatable bonds is 4. The molecule has 1 atom stereocenters. The minimum absolute atomic E-state index is 0.0780. The van der Waals surface area contributed by atoms with E-state index >= 15 is 0 Å². The first kappa shape index (κ1) is 17.9. The summed E-state index contributed by atoms with van der Waals surface area (Å²) in [5.41, 5.74) is 2.37. The van der Waals surface area contributed by atoms with Crippen LogP contribution in [0.25, 0.3) is 0 Å². The summed E-state index contributed by atoms with van der Waals surface area (Å²) < 4.78 is 33.2. The number of fused-ring (bicyclic) bond motifs is 1. The number of nitrogens with one attached hydrogen (secondary N) is 1. The lowest BCUT2D eigenvalue weighted by atomic mass is 9.98. The molecule has 2 aliphatic rings. The smallest absolute Gasteiger partial charge is 0.261 e. The van der Waals surface area contributed by atoms with Crippen LogP contribution in [-0.2, 0) is 32.5 Å². The third kappa shape index (κ3) is 3.81. The predicted molar refractivity (Wildman–Crippen MR) is 99.5 cm³/mol. The monoisotopic (exact) mass is 387 g/mol. The van der Waals surface area contributed by atoms with Crippen molar-refractivity contribution in [3.05, 3.63) is 53.9 Å². The first-order chi connectivity index (χ1) is 13.0. The molecule has 27 heavy (non-hydrogen) atoms. The molecule has 142 valence electrons. The molecule has 7 nitrogen and oxygen atoms in total. The highest BCUT2D eigenvalue weighted by atomic mass is 32.2. The average molecular weight is 387 g/mol. The number of nitrogens with zero attached hydrogens (tertiary/aromatic N) is 2. The molecule has 1 fully saturated rings. The van der Waals surface area contributed by atoms with Gasteiger partial charge in [0.2, 0.25) is 5.91 Å². The van der Waals surface area contributed by atoms with Crippen molar-refractivity contribution in [2.45, 2.75) is 24.3 Å². The van der Waals surface area contributed by atoms with E-state index in [1.54, 1.807) is 30.5 Å². The van der Waals surface area contributed by atoms with Crippen molar-refractivity contribution < 1.29 is 17.9 Å². The Hall–Kier alpha value is -2.45. The summed E-state index contributed by atoms with van der Waals surface area (Å²) in [6.07, 6.45) is 4.52. The summed E-state index contributed by atoms with van der Waals surface area (Å²) in [5, 5.41) is 0. The highest BCUT2D eigenvalue weighted by molar-refractivity contribution is 7.92. The largest absolute Gasteiger partial charge is 0.381 e. The lowest BCUT2D eigenvalue weighted by Crippen LogP contribution is -2.40. The minimum Gasteiger partial charge on any atom is -0.381 e. The zero-order valence-electron chi connectivity index (χ0n) is 14.8. The number of ether oxygens (including phenoxy) is 1. The number of carbonyl (C=O) groups excluding carboxylic acids is 1. The number of anilines is 1. The van der Waals surface area contributed by atoms with Gasteiger partial charge in [-0.05, 0) is 48.2 Å². The van der Waals surface area contributed by atoms with Crippen molar-refractivity contribution in [1.29, 1.82) is 0 Å². The zero-order chi connectivity index (χ0) is 18.9. The third-order valence-electron chi connectivity index (χ3n) is 5.00. The van der Waals surface area contributed by atoms with Crippen LogP contribution in [-0.4, -0.2) is 44.0 Å². The van der Waals surface area contributed by atoms with Gasteiger partial charge in [-0.2, -0.15) is 0 Å². The molecule has 1 saturated heterocycles. The number of aromatic nitrogens is 1. The second-order valence-corrected chi connectivity index (χ2v) is 8.53. The number of carbonyl (C=O) groups is 1. The summed E-state index contributed by atoms with van der Waals surface area (Å²) in [6, 6.07) is 8.43. The summed E-state index contributed by atoms with van der Waals surface area (Å²) in [7, 11) is -3.71. The van der Waals surface area contributed by atoms with Crippen molar-refractivity contribution in [2.24, 2.45) is 5.92 Å². The molecule has 0 bridgehead atoms. The average Bonchev–Trinajstić information content (AvgIpc) is 3.22. The normalized spacial score (nSPS) is 19.6. The first-order valence-corrected chi connectivity index (χ1v) is 10.4. The molecule has 8 heteroatoms. The molecule has 4 rings (SSSR count). The van der Waals surface area contributed by atoms with Crippen molar-refractivity contribution in [3.63, 3.8) is 0 Å². The second-order valence-electron chi connectivity index (χ2n) is 6.85. The van der Waals surface area contributed by atoms with Gasteiger partial charge in [-0.15, -0.1) is 0 Å². The van der Waals surface area contributed by atoms with E-state index in [1.165, 1.54) is 6.20 Å². The number of sulfonamides is 1. The van der Waals surface area contributed by atoms with Gasteiger partial charge in [0.1, 0.15) is 0 Å². The molecule has 0 radical (unpaired) electrons. The van der Waals surface area contributed by atoms with Crippen LogP contribution in [0.15, 0.2) is 47.6 Å². The van der Waals surface area contributed by atoms with Gasteiger partial charge in [0.05, 0.1) is 29.3 Å². The fourth-order valence-electron chi connectivity index (χ4n) is 3.51. The molecule has 1 aromatic carbocycles. The molecular weight excluding hydrogens is 366 g/mol. The van der Waals surface area contributed by atoms with Gasteiger partial charge in [-0.3, -0.25) is 14.5 Å². The molecule has 2 aliphatic heterocycles. The Labute approximate surface area is 158 Å². The first-order valence-electron chi connectivity index (χ1n) is 8.94. The Balaban J connectivity index is 1.54. The molecule has 2 aromatic rings. The molecule has 0 saturated carbocycles. The summed E-state index contributed by atoms with van der Waals surface area (Å²) in [4.78, 5) is 18.6. The quantitative estimate of drug-likeness (QED) is 0.864. The molecule has 0 aliphatic carbocycles. The Morgan fingerprint density at radius 3 is 2.89 bits per heavy atom. The molecule has 1 aromatic heterocycles. The molecular formula is C19H21N3O4S. The van der Waals surface area contributed by atoms with Gasteiger partial charge in [0.25, 0.3) is 10.0 Å². The van der Waals surface area contributed by atoms with Crippen LogP contribution in [0.1, 0.15) is 17.5 Å². The lowest BCUT2D eigenvalue weighted by molar-refractivity contribution is -0.136. The van der Waals surface area contributed by atoms with Crippen LogP contribution in [0.3, 0.4) is 0 Å². The fraction of sp³-hybridized carbons (Fsp3) is 0.368. The zero-order valence-corrected chi connectivity index (χ0v) is 15.6. The van der Waals surface area contributed by atoms with E-state index in [-0.39, 0.29) is 16.7 Å². The molecule has 1 amide bonds. The van der Waals surface area contributed by atoms with Crippen LogP contribution in [0.4, 0.5) is 5.69 Å². The standard InChI is InChI=1S/C19H21N3O4S/c23-19(15-6-9-26-13-15)22-8-5-14-3-4-18(10-16(14)12-22)27(24,25)21-17-2-1-7-20-11-17/h1-4,7,10-11,15,21H,5-6,8-9,12-13H2/t15-/m0/s1. The topological polar surface area (TPSA) is 88.6 Å². The van der Waals surface area contributed by atoms with Gasteiger partial charge in [0, 0.05) is 25.9 Å². The van der Waals surface area contributed by atoms with Gasteiger partial charge in [-0.25, -0.2) is 8.42 Å². The maximum Gasteiger partial charge on any atom is 0.261 e. The Morgan fingerprint density at radius 1 is 1.26 bits per heavy atom. The summed E-state index contributed by atoms with van der Waals surface area (Å²) in [6.45, 7) is 2.19. The van der Waals surface area contributed by atoms with Gasteiger partial charge in [0.15, 0.2) is 0 Å². The fourth-order valence-corrected chi connectivity index (χ4v) is 4.61. The number of hydrogen-bond acceptors (Lipinski definition) is 5. The van der Waals surface area contributed by atoms with Crippen LogP contribution in [0, 0.1) is 5.92 Å². The van der Waals surface area contributed by atoms with Crippen LogP contribution in [0.5, 0.6) is 0 Å². The molecule has 1 N–H and O–H groups in total. The van der Waals surface area contributed by atoms with Gasteiger partial charge < -0.3 is 9.64 Å². The van der Waals surface area contributed by atoms with Crippen molar-refractivity contribution in [1.82, 2.24) is 9.88 Å². The predicted octanol–water partition coefficient (Wildman–Crippen LogP) is 1.80. The van der Waals surface area contributed by atoms with Crippen molar-refractivity contribution in [3.8, 4) is 0 Å². The van der Waals surface area contributed by atoms with Crippen LogP contribution >= 0.6 is 0 Å². The van der Waals surface area contributed by atoms with E-state index in [9.17, 15) is 13.2 Å². The van der Waals surface area contributed by atoms with E-state index < -0.39 is 10.0 Å². The summed E-state index contributed by atoms with van der Waals surface area (Å²) in [5.74, 6) is 0.0191. The van der Waals surface area contributed by atoms with Crippen molar-refractivity contribution in [2.75, 3.05) is 24.5 Å². The lowest BCUT2D eigenvalue weighted by Gasteiger charge is -2.31. The van der Waals surface area contributed by atoms with Gasteiger partial charge in [-0.1, -0.05) is 6.07 Å². The highest BCUT2D eigenvalue weighted by Crippen LogP contribution is 2.26. The van der Waals surface area contributed by atoms with Crippen LogP contribution in [0.2, 0.25) is 0 Å². The Kier molecular flexibility index (Phi) is 4.84. The highest BCUT2D eigenvalue weighted by Gasteiger charge is 2.30. The van der Waals surface area contributed by atoms with E-state index in [2.05, 4.69) is 9.71 Å². The number of amides is 1. The van der Waals surface area contributed by atoms with E-state index in [0.717, 1.165) is 24.0 Å². The second kappa shape index (κ2) is 7.28. The van der Waals surface area contributed by atoms with E-state index in [1.807, 2.05) is 11.0 Å². The van der Waals surface area contributed by atoms with E-state index in [4.69, 9.17) is 4.74 Å². The molecule has 0 spiro atoms. The van der Waals surface area contributed by atoms with Gasteiger partial charge >= 0.3 is 0 Å². The SMILES string of the molecule is O=C([C@H]1CCOC1)N1CCc2ccc(S(=O)(=O)Nc3cccnc3)cc2C1. The molecule has 3 heterocycles. The van der Waals surface area contributed by atoms with Crippen LogP contribution < -0.4 is 4.72 Å². The van der Waals surface area contributed by atoms with E-state index in [0.29, 0.717) is 32.0 Å². The molecule has 0 unspecified atom stereocenters. The summed E-state index contributed by atoms with van der Waals surface area (Å²) >= 11 is 0. The number of hydrogen-bond donors (Lipinski definition) is 1. The Morgan fingerprint density at radius 2 is 2.15 bits per heavy atom. The number of benzene rings is 1. The minimum atomic E-state index is -3.71. The number of pyridine rings is 1. The Bertz CT molecular complexity index is 941. The maximum absolute atomic E-state index is 12.7.